The van der Waals surface area contributed by atoms with Crippen LogP contribution >= 0.6 is 0 Å². The van der Waals surface area contributed by atoms with Crippen LogP contribution in [0.1, 0.15) is 12.8 Å². The van der Waals surface area contributed by atoms with Gasteiger partial charge in [-0.25, -0.2) is 5.32 Å². The van der Waals surface area contributed by atoms with Gasteiger partial charge in [-0.05, 0) is 6.42 Å². The zero-order chi connectivity index (χ0) is 5.54. The Morgan fingerprint density at radius 3 is 2.86 bits per heavy atom. The van der Waals surface area contributed by atoms with E-state index in [1.54, 1.807) is 7.05 Å². The van der Waals surface area contributed by atoms with Gasteiger partial charge in [0, 0.05) is 19.5 Å². The molecule has 0 saturated carbocycles. The maximum atomic E-state index is 3.61. The largest absolute Gasteiger partial charge is 0.239 e. The molecule has 0 spiro atoms. The van der Waals surface area contributed by atoms with Gasteiger partial charge in [-0.2, -0.15) is 0 Å². The summed E-state index contributed by atoms with van der Waals surface area (Å²) in [7, 11) is 1.68. The molecule has 0 aliphatic heterocycles. The molecule has 0 atom stereocenters. The highest BCUT2D eigenvalue weighted by Crippen LogP contribution is 1.78. The number of hydrogen-bond donors (Lipinski definition) is 0. The van der Waals surface area contributed by atoms with Crippen molar-refractivity contribution < 1.29 is 0 Å². The van der Waals surface area contributed by atoms with Crippen molar-refractivity contribution in [2.45, 2.75) is 12.8 Å². The van der Waals surface area contributed by atoms with Crippen molar-refractivity contribution in [3.8, 4) is 12.0 Å². The van der Waals surface area contributed by atoms with Gasteiger partial charge in [-0.1, -0.05) is 12.8 Å². The molecule has 0 rings (SSSR count). The quantitative estimate of drug-likeness (QED) is 0.428. The molecule has 0 fully saturated rings. The fourth-order valence-corrected chi connectivity index (χ4v) is 0.223. The van der Waals surface area contributed by atoms with Crippen molar-refractivity contribution in [1.82, 2.24) is 5.32 Å². The molecular formula is C6H9N. The van der Waals surface area contributed by atoms with Crippen LogP contribution in [0.5, 0.6) is 0 Å². The first-order valence-corrected chi connectivity index (χ1v) is 2.27. The standard InChI is InChI=1S/C6H9N/c1-3-4-5-6-7-2/h1,3-4H2,2H3. The van der Waals surface area contributed by atoms with Gasteiger partial charge in [0.2, 0.25) is 0 Å². The van der Waals surface area contributed by atoms with E-state index < -0.39 is 0 Å². The normalized spacial score (nSPS) is 6.57. The Kier molecular flexibility index (Phi) is 4.87. The summed E-state index contributed by atoms with van der Waals surface area (Å²) in [5, 5.41) is 3.58. The van der Waals surface area contributed by atoms with Crippen LogP contribution in [0, 0.1) is 18.9 Å². The Labute approximate surface area is 45.1 Å². The van der Waals surface area contributed by atoms with Crippen LogP contribution in [0.15, 0.2) is 0 Å². The molecule has 0 heterocycles. The first kappa shape index (κ1) is 6.36. The zero-order valence-electron chi connectivity index (χ0n) is 4.57. The molecule has 0 bridgehead atoms. The van der Waals surface area contributed by atoms with Crippen molar-refractivity contribution in [3.63, 3.8) is 0 Å². The van der Waals surface area contributed by atoms with E-state index in [9.17, 15) is 0 Å². The summed E-state index contributed by atoms with van der Waals surface area (Å²) in [5.41, 5.74) is 0. The van der Waals surface area contributed by atoms with Gasteiger partial charge in [0.05, 0.1) is 0 Å². The molecular weight excluding hydrogens is 86.1 g/mol. The van der Waals surface area contributed by atoms with Gasteiger partial charge in [-0.3, -0.25) is 0 Å². The lowest BCUT2D eigenvalue weighted by atomic mass is 10.4. The minimum absolute atomic E-state index is 0.858. The highest BCUT2D eigenvalue weighted by Gasteiger charge is 1.66. The predicted octanol–water partition coefficient (Wildman–Crippen LogP) is 0.796. The monoisotopic (exact) mass is 95.1 g/mol. The third kappa shape index (κ3) is 5.36. The third-order valence-corrected chi connectivity index (χ3v) is 0.493. The maximum absolute atomic E-state index is 3.61. The summed E-state index contributed by atoms with van der Waals surface area (Å²) in [6, 6.07) is 2.58. The van der Waals surface area contributed by atoms with E-state index in [1.807, 2.05) is 0 Å². The Balaban J connectivity index is 2.91. The molecule has 0 N–H and O–H groups in total. The molecule has 1 heteroatoms. The number of hydrogen-bond acceptors (Lipinski definition) is 0. The Hall–Kier alpha value is -0.640. The topological polar surface area (TPSA) is 14.1 Å². The maximum Gasteiger partial charge on any atom is 0.0378 e. The average molecular weight is 95.1 g/mol. The summed E-state index contributed by atoms with van der Waals surface area (Å²) >= 11 is 0. The van der Waals surface area contributed by atoms with Gasteiger partial charge in [0.15, 0.2) is 0 Å². The molecule has 0 amide bonds. The van der Waals surface area contributed by atoms with Crippen molar-refractivity contribution in [2.24, 2.45) is 0 Å². The van der Waals surface area contributed by atoms with E-state index in [0.29, 0.717) is 0 Å². The molecule has 7 heavy (non-hydrogen) atoms. The minimum Gasteiger partial charge on any atom is -0.239 e. The van der Waals surface area contributed by atoms with Crippen molar-refractivity contribution >= 4 is 0 Å². The summed E-state index contributed by atoms with van der Waals surface area (Å²) in [4.78, 5) is 0. The number of unbranched alkanes of at least 4 members (excludes halogenated alkanes) is 1. The molecule has 0 aliphatic carbocycles. The van der Waals surface area contributed by atoms with E-state index in [0.717, 1.165) is 12.8 Å². The van der Waals surface area contributed by atoms with Gasteiger partial charge in [0.25, 0.3) is 0 Å². The SMILES string of the molecule is [CH2]CCC#C[N]C. The summed E-state index contributed by atoms with van der Waals surface area (Å²) in [6.45, 7) is 3.61. The lowest BCUT2D eigenvalue weighted by molar-refractivity contribution is 1.06. The highest BCUT2D eigenvalue weighted by atomic mass is 14.8. The molecule has 0 aromatic heterocycles. The summed E-state index contributed by atoms with van der Waals surface area (Å²) in [5.74, 6) is 2.81. The van der Waals surface area contributed by atoms with Crippen molar-refractivity contribution in [1.29, 1.82) is 0 Å². The Morgan fingerprint density at radius 2 is 2.43 bits per heavy atom. The molecule has 0 saturated heterocycles. The molecule has 0 aliphatic rings. The third-order valence-electron chi connectivity index (χ3n) is 0.493. The predicted molar refractivity (Wildman–Crippen MR) is 30.4 cm³/mol. The van der Waals surface area contributed by atoms with Crippen LogP contribution in [0.3, 0.4) is 0 Å². The second-order valence-corrected chi connectivity index (χ2v) is 1.12. The number of rotatable bonds is 1. The summed E-state index contributed by atoms with van der Waals surface area (Å²) in [6.07, 6.45) is 1.74. The van der Waals surface area contributed by atoms with Crippen LogP contribution in [0.4, 0.5) is 0 Å². The smallest absolute Gasteiger partial charge is 0.0378 e. The highest BCUT2D eigenvalue weighted by molar-refractivity contribution is 4.95. The lowest BCUT2D eigenvalue weighted by Gasteiger charge is -1.74. The van der Waals surface area contributed by atoms with Gasteiger partial charge >= 0.3 is 0 Å². The van der Waals surface area contributed by atoms with E-state index >= 15 is 0 Å². The van der Waals surface area contributed by atoms with Gasteiger partial charge in [-0.15, -0.1) is 0 Å². The second-order valence-electron chi connectivity index (χ2n) is 1.12. The fraction of sp³-hybridized carbons (Fsp3) is 0.500. The van der Waals surface area contributed by atoms with E-state index in [4.69, 9.17) is 0 Å². The van der Waals surface area contributed by atoms with E-state index in [1.165, 1.54) is 0 Å². The van der Waals surface area contributed by atoms with Gasteiger partial charge < -0.3 is 0 Å². The first-order chi connectivity index (χ1) is 3.41. The Morgan fingerprint density at radius 1 is 1.71 bits per heavy atom. The van der Waals surface area contributed by atoms with E-state index in [-0.39, 0.29) is 0 Å². The first-order valence-electron chi connectivity index (χ1n) is 2.27. The average Bonchev–Trinajstić information content (AvgIpc) is 1.69. The fourth-order valence-electron chi connectivity index (χ4n) is 0.223. The minimum atomic E-state index is 0.858. The Bertz CT molecular complexity index is 75.9. The molecule has 2 radical (unpaired) electrons. The molecule has 0 aromatic carbocycles. The number of nitrogens with zero attached hydrogens (tertiary/aromatic N) is 1. The molecule has 38 valence electrons. The molecule has 1 nitrogen and oxygen atoms in total. The van der Waals surface area contributed by atoms with Crippen LogP contribution in [0.2, 0.25) is 0 Å². The second kappa shape index (κ2) is 5.36. The molecule has 0 unspecified atom stereocenters. The van der Waals surface area contributed by atoms with Gasteiger partial charge in [0.1, 0.15) is 0 Å². The van der Waals surface area contributed by atoms with Crippen LogP contribution in [0.25, 0.3) is 0 Å². The lowest BCUT2D eigenvalue weighted by Crippen LogP contribution is -1.79. The van der Waals surface area contributed by atoms with Crippen LogP contribution in [-0.2, 0) is 0 Å². The van der Waals surface area contributed by atoms with Crippen LogP contribution < -0.4 is 5.32 Å². The van der Waals surface area contributed by atoms with Crippen molar-refractivity contribution in [3.05, 3.63) is 6.92 Å². The van der Waals surface area contributed by atoms with Crippen LogP contribution in [-0.4, -0.2) is 7.05 Å². The van der Waals surface area contributed by atoms with Crippen molar-refractivity contribution in [2.75, 3.05) is 7.05 Å². The summed E-state index contributed by atoms with van der Waals surface area (Å²) < 4.78 is 0. The van der Waals surface area contributed by atoms with E-state index in [2.05, 4.69) is 24.2 Å². The molecule has 0 aromatic rings. The zero-order valence-corrected chi connectivity index (χ0v) is 4.57.